The van der Waals surface area contributed by atoms with Gasteiger partial charge >= 0.3 is 0 Å². The van der Waals surface area contributed by atoms with Crippen LogP contribution in [-0.4, -0.2) is 48.4 Å². The Morgan fingerprint density at radius 3 is 2.38 bits per heavy atom. The minimum atomic E-state index is -0.551. The third kappa shape index (κ3) is 6.02. The summed E-state index contributed by atoms with van der Waals surface area (Å²) in [5.41, 5.74) is 6.86. The van der Waals surface area contributed by atoms with Crippen LogP contribution in [0.5, 0.6) is 0 Å². The number of hydrogen-bond donors (Lipinski definition) is 1. The molecule has 3 aromatic rings. The molecule has 0 radical (unpaired) electrons. The number of nitrogens with zero attached hydrogens (tertiary/aromatic N) is 4. The van der Waals surface area contributed by atoms with Crippen LogP contribution < -0.4 is 15.1 Å². The van der Waals surface area contributed by atoms with Gasteiger partial charge in [-0.05, 0) is 105 Å². The fourth-order valence-corrected chi connectivity index (χ4v) is 6.12. The lowest BCUT2D eigenvalue weighted by Crippen LogP contribution is -2.31. The first kappa shape index (κ1) is 27.0. The van der Waals surface area contributed by atoms with E-state index >= 15 is 0 Å². The number of aromatic nitrogens is 2. The van der Waals surface area contributed by atoms with Crippen LogP contribution in [0, 0.1) is 13.8 Å². The molecule has 2 aliphatic rings. The van der Waals surface area contributed by atoms with Gasteiger partial charge in [0, 0.05) is 56.5 Å². The number of rotatable bonds is 9. The summed E-state index contributed by atoms with van der Waals surface area (Å²) < 4.78 is 2.13. The Labute approximate surface area is 232 Å². The topological polar surface area (TPSA) is 70.5 Å². The molecule has 0 bridgehead atoms. The standard InChI is InChI=1S/C32H41N5O2/c1-22-19-23(2)33-29(20-22)36(4)18-17-35(3)26-14-12-25(13-15-26)34-32(39)31(38)30-28(24-9-5-6-10-24)21-27-11-7-8-16-37(27)30/h12-15,19-21,24H,5-11,16-18H2,1-4H3,(H,34,39). The maximum Gasteiger partial charge on any atom is 0.298 e. The monoisotopic (exact) mass is 527 g/mol. The lowest BCUT2D eigenvalue weighted by molar-refractivity contribution is -0.112. The molecule has 1 aliphatic heterocycles. The summed E-state index contributed by atoms with van der Waals surface area (Å²) in [5.74, 6) is 0.414. The molecule has 0 atom stereocenters. The van der Waals surface area contributed by atoms with Crippen LogP contribution in [0.2, 0.25) is 0 Å². The van der Waals surface area contributed by atoms with Crippen LogP contribution >= 0.6 is 0 Å². The number of pyridine rings is 1. The molecule has 206 valence electrons. The molecule has 1 saturated carbocycles. The fourth-order valence-electron chi connectivity index (χ4n) is 6.12. The van der Waals surface area contributed by atoms with Crippen molar-refractivity contribution in [2.75, 3.05) is 42.3 Å². The molecule has 0 spiro atoms. The van der Waals surface area contributed by atoms with Crippen LogP contribution in [0.25, 0.3) is 0 Å². The predicted molar refractivity (Wildman–Crippen MR) is 158 cm³/mol. The number of carbonyl (C=O) groups excluding carboxylic acids is 2. The Bertz CT molecular complexity index is 1320. The van der Waals surface area contributed by atoms with E-state index in [1.165, 1.54) is 24.1 Å². The highest BCUT2D eigenvalue weighted by atomic mass is 16.2. The van der Waals surface area contributed by atoms with Crippen molar-refractivity contribution < 1.29 is 9.59 Å². The number of carbonyl (C=O) groups is 2. The number of ketones is 1. The molecule has 0 unspecified atom stereocenters. The van der Waals surface area contributed by atoms with Crippen LogP contribution in [0.4, 0.5) is 17.2 Å². The van der Waals surface area contributed by atoms with E-state index in [0.29, 0.717) is 17.3 Å². The van der Waals surface area contributed by atoms with Crippen molar-refractivity contribution >= 4 is 28.9 Å². The molecule has 5 rings (SSSR count). The highest BCUT2D eigenvalue weighted by Crippen LogP contribution is 2.38. The van der Waals surface area contributed by atoms with E-state index in [-0.39, 0.29) is 0 Å². The molecule has 2 aromatic heterocycles. The first-order valence-corrected chi connectivity index (χ1v) is 14.4. The molecule has 1 fully saturated rings. The Balaban J connectivity index is 1.22. The Kier molecular flexibility index (Phi) is 8.05. The first-order chi connectivity index (χ1) is 18.8. The Morgan fingerprint density at radius 1 is 0.949 bits per heavy atom. The van der Waals surface area contributed by atoms with Gasteiger partial charge in [-0.15, -0.1) is 0 Å². The van der Waals surface area contributed by atoms with E-state index < -0.39 is 11.7 Å². The number of amides is 1. The molecule has 39 heavy (non-hydrogen) atoms. The van der Waals surface area contributed by atoms with E-state index in [4.69, 9.17) is 0 Å². The van der Waals surface area contributed by atoms with Gasteiger partial charge in [-0.2, -0.15) is 0 Å². The number of benzene rings is 1. The molecule has 0 saturated heterocycles. The smallest absolute Gasteiger partial charge is 0.298 e. The highest BCUT2D eigenvalue weighted by Gasteiger charge is 2.31. The lowest BCUT2D eigenvalue weighted by atomic mass is 9.95. The van der Waals surface area contributed by atoms with E-state index in [0.717, 1.165) is 74.5 Å². The number of Topliss-reactive ketones (excluding diaryl/α,β-unsaturated/α-hetero) is 1. The largest absolute Gasteiger partial charge is 0.373 e. The van der Waals surface area contributed by atoms with Crippen molar-refractivity contribution in [3.05, 3.63) is 70.7 Å². The molecule has 1 aliphatic carbocycles. The summed E-state index contributed by atoms with van der Waals surface area (Å²) in [7, 11) is 4.12. The zero-order valence-corrected chi connectivity index (χ0v) is 23.8. The number of hydrogen-bond acceptors (Lipinski definition) is 5. The van der Waals surface area contributed by atoms with E-state index in [1.807, 2.05) is 31.2 Å². The molecule has 1 N–H and O–H groups in total. The lowest BCUT2D eigenvalue weighted by Gasteiger charge is -2.25. The molecule has 1 aromatic carbocycles. The number of likely N-dealkylation sites (N-methyl/N-ethyl adjacent to an activating group) is 2. The number of anilines is 3. The fraction of sp³-hybridized carbons (Fsp3) is 0.469. The van der Waals surface area contributed by atoms with Gasteiger partial charge in [0.25, 0.3) is 11.7 Å². The maximum absolute atomic E-state index is 13.5. The molecular formula is C32H41N5O2. The van der Waals surface area contributed by atoms with Crippen LogP contribution in [-0.2, 0) is 17.8 Å². The summed E-state index contributed by atoms with van der Waals surface area (Å²) in [5, 5.41) is 2.87. The van der Waals surface area contributed by atoms with E-state index in [1.54, 1.807) is 0 Å². The zero-order chi connectivity index (χ0) is 27.5. The second-order valence-corrected chi connectivity index (χ2v) is 11.3. The van der Waals surface area contributed by atoms with Gasteiger partial charge in [0.2, 0.25) is 0 Å². The number of aryl methyl sites for hydroxylation is 3. The van der Waals surface area contributed by atoms with Gasteiger partial charge in [-0.3, -0.25) is 9.59 Å². The minimum Gasteiger partial charge on any atom is -0.373 e. The number of nitrogens with one attached hydrogen (secondary N) is 1. The minimum absolute atomic E-state index is 0.398. The Hall–Kier alpha value is -3.61. The van der Waals surface area contributed by atoms with Crippen LogP contribution in [0.3, 0.4) is 0 Å². The number of fused-ring (bicyclic) bond motifs is 1. The normalized spacial score (nSPS) is 15.2. The summed E-state index contributed by atoms with van der Waals surface area (Å²) in [6, 6.07) is 14.1. The first-order valence-electron chi connectivity index (χ1n) is 14.4. The average Bonchev–Trinajstić information content (AvgIpc) is 3.59. The second kappa shape index (κ2) is 11.6. The van der Waals surface area contributed by atoms with Crippen molar-refractivity contribution in [3.63, 3.8) is 0 Å². The summed E-state index contributed by atoms with van der Waals surface area (Å²) >= 11 is 0. The van der Waals surface area contributed by atoms with Gasteiger partial charge in [0.05, 0.1) is 5.69 Å². The zero-order valence-electron chi connectivity index (χ0n) is 23.8. The van der Waals surface area contributed by atoms with Gasteiger partial charge in [-0.25, -0.2) is 4.98 Å². The maximum atomic E-state index is 13.5. The molecular weight excluding hydrogens is 486 g/mol. The summed E-state index contributed by atoms with van der Waals surface area (Å²) in [6.45, 7) is 6.58. The van der Waals surface area contributed by atoms with Crippen molar-refractivity contribution in [2.45, 2.75) is 71.3 Å². The van der Waals surface area contributed by atoms with Gasteiger partial charge < -0.3 is 19.7 Å². The quantitative estimate of drug-likeness (QED) is 0.278. The second-order valence-electron chi connectivity index (χ2n) is 11.3. The van der Waals surface area contributed by atoms with Gasteiger partial charge in [0.15, 0.2) is 0 Å². The SMILES string of the molecule is Cc1cc(C)nc(N(C)CCN(C)c2ccc(NC(=O)C(=O)c3c(C4CCCC4)cc4n3CCCC4)cc2)c1. The van der Waals surface area contributed by atoms with E-state index in [2.05, 4.69) is 63.9 Å². The summed E-state index contributed by atoms with van der Waals surface area (Å²) in [6.07, 6.45) is 7.80. The van der Waals surface area contributed by atoms with Gasteiger partial charge in [0.1, 0.15) is 5.82 Å². The van der Waals surface area contributed by atoms with Crippen molar-refractivity contribution in [2.24, 2.45) is 0 Å². The van der Waals surface area contributed by atoms with Gasteiger partial charge in [-0.1, -0.05) is 12.8 Å². The van der Waals surface area contributed by atoms with Crippen LogP contribution in [0.15, 0.2) is 42.5 Å². The molecule has 3 heterocycles. The average molecular weight is 528 g/mol. The highest BCUT2D eigenvalue weighted by molar-refractivity contribution is 6.46. The molecule has 1 amide bonds. The Morgan fingerprint density at radius 2 is 1.67 bits per heavy atom. The summed E-state index contributed by atoms with van der Waals surface area (Å²) in [4.78, 5) is 35.6. The van der Waals surface area contributed by atoms with Crippen LogP contribution in [0.1, 0.15) is 77.4 Å². The van der Waals surface area contributed by atoms with Crippen molar-refractivity contribution in [3.8, 4) is 0 Å². The third-order valence-electron chi connectivity index (χ3n) is 8.31. The van der Waals surface area contributed by atoms with Crippen molar-refractivity contribution in [1.29, 1.82) is 0 Å². The predicted octanol–water partition coefficient (Wildman–Crippen LogP) is 5.89. The molecule has 7 nitrogen and oxygen atoms in total. The molecule has 7 heteroatoms. The van der Waals surface area contributed by atoms with Crippen molar-refractivity contribution in [1.82, 2.24) is 9.55 Å². The third-order valence-corrected chi connectivity index (χ3v) is 8.31. The van der Waals surface area contributed by atoms with E-state index in [9.17, 15) is 9.59 Å².